The molecule has 0 unspecified atom stereocenters. The zero-order valence-electron chi connectivity index (χ0n) is 15.7. The molecule has 0 atom stereocenters. The molecule has 4 rings (SSSR count). The SMILES string of the molecule is O=C(CNc1cccc(C(F)(F)F)c1)N1CCC(c2nc3ccccc3[nH]2)CC1. The highest BCUT2D eigenvalue weighted by molar-refractivity contribution is 5.81. The average molecular weight is 402 g/mol. The molecule has 1 aliphatic rings. The van der Waals surface area contributed by atoms with Crippen molar-refractivity contribution in [3.8, 4) is 0 Å². The van der Waals surface area contributed by atoms with Crippen LogP contribution >= 0.6 is 0 Å². The molecule has 1 aromatic heterocycles. The Kier molecular flexibility index (Phi) is 5.17. The molecule has 0 saturated carbocycles. The lowest BCUT2D eigenvalue weighted by Crippen LogP contribution is -2.41. The molecule has 1 fully saturated rings. The number of carbonyl (C=O) groups is 1. The summed E-state index contributed by atoms with van der Waals surface area (Å²) in [6, 6.07) is 12.7. The van der Waals surface area contributed by atoms with Crippen LogP contribution in [0.25, 0.3) is 11.0 Å². The predicted molar refractivity (Wildman–Crippen MR) is 105 cm³/mol. The van der Waals surface area contributed by atoms with Crippen LogP contribution in [0.2, 0.25) is 0 Å². The highest BCUT2D eigenvalue weighted by Crippen LogP contribution is 2.31. The number of nitrogens with one attached hydrogen (secondary N) is 2. The van der Waals surface area contributed by atoms with Crippen LogP contribution in [0.1, 0.15) is 30.1 Å². The van der Waals surface area contributed by atoms with Gasteiger partial charge < -0.3 is 15.2 Å². The van der Waals surface area contributed by atoms with Crippen molar-refractivity contribution < 1.29 is 18.0 Å². The molecule has 29 heavy (non-hydrogen) atoms. The topological polar surface area (TPSA) is 61.0 Å². The summed E-state index contributed by atoms with van der Waals surface area (Å²) in [5.41, 5.74) is 1.49. The number of H-pyrrole nitrogens is 1. The standard InChI is InChI=1S/C21H21F3N4O/c22-21(23,24)15-4-3-5-16(12-15)25-13-19(29)28-10-8-14(9-11-28)20-26-17-6-1-2-7-18(17)27-20/h1-7,12,14,25H,8-11,13H2,(H,26,27). The molecular weight excluding hydrogens is 381 g/mol. The lowest BCUT2D eigenvalue weighted by Gasteiger charge is -2.31. The Labute approximate surface area is 165 Å². The summed E-state index contributed by atoms with van der Waals surface area (Å²) in [5.74, 6) is 1.09. The maximum Gasteiger partial charge on any atom is 0.416 e. The van der Waals surface area contributed by atoms with Gasteiger partial charge in [0.1, 0.15) is 5.82 Å². The third-order valence-corrected chi connectivity index (χ3v) is 5.28. The number of piperidine rings is 1. The molecule has 1 amide bonds. The fraction of sp³-hybridized carbons (Fsp3) is 0.333. The normalized spacial score (nSPS) is 15.6. The number of halogens is 3. The Morgan fingerprint density at radius 1 is 1.14 bits per heavy atom. The first-order valence-corrected chi connectivity index (χ1v) is 9.54. The van der Waals surface area contributed by atoms with Crippen molar-refractivity contribution in [1.29, 1.82) is 0 Å². The highest BCUT2D eigenvalue weighted by atomic mass is 19.4. The molecule has 0 spiro atoms. The van der Waals surface area contributed by atoms with Crippen molar-refractivity contribution in [2.75, 3.05) is 25.0 Å². The molecule has 152 valence electrons. The van der Waals surface area contributed by atoms with Crippen molar-refractivity contribution in [3.63, 3.8) is 0 Å². The Hall–Kier alpha value is -3.03. The minimum absolute atomic E-state index is 0.0311. The first-order valence-electron chi connectivity index (χ1n) is 9.54. The summed E-state index contributed by atoms with van der Waals surface area (Å²) in [6.07, 6.45) is -2.80. The van der Waals surface area contributed by atoms with Crippen LogP contribution in [0.4, 0.5) is 18.9 Å². The van der Waals surface area contributed by atoms with Crippen LogP contribution in [-0.2, 0) is 11.0 Å². The number of anilines is 1. The number of alkyl halides is 3. The fourth-order valence-corrected chi connectivity index (χ4v) is 3.66. The molecule has 2 N–H and O–H groups in total. The van der Waals surface area contributed by atoms with E-state index < -0.39 is 11.7 Å². The van der Waals surface area contributed by atoms with Gasteiger partial charge in [0.15, 0.2) is 0 Å². The van der Waals surface area contributed by atoms with Crippen LogP contribution in [0.15, 0.2) is 48.5 Å². The van der Waals surface area contributed by atoms with Crippen LogP contribution in [0, 0.1) is 0 Å². The Bertz CT molecular complexity index is 973. The predicted octanol–water partition coefficient (Wildman–Crippen LogP) is 4.40. The third kappa shape index (κ3) is 4.36. The van der Waals surface area contributed by atoms with Crippen molar-refractivity contribution in [1.82, 2.24) is 14.9 Å². The average Bonchev–Trinajstić information content (AvgIpc) is 3.16. The molecule has 8 heteroatoms. The van der Waals surface area contributed by atoms with Gasteiger partial charge in [-0.25, -0.2) is 4.98 Å². The number of hydrogen-bond donors (Lipinski definition) is 2. The summed E-state index contributed by atoms with van der Waals surface area (Å²) < 4.78 is 38.4. The minimum Gasteiger partial charge on any atom is -0.376 e. The van der Waals surface area contributed by atoms with Gasteiger partial charge in [0.2, 0.25) is 5.91 Å². The molecule has 0 bridgehead atoms. The molecule has 0 radical (unpaired) electrons. The number of carbonyl (C=O) groups excluding carboxylic acids is 1. The summed E-state index contributed by atoms with van der Waals surface area (Å²) in [5, 5.41) is 2.81. The first kappa shape index (κ1) is 19.3. The maximum absolute atomic E-state index is 12.8. The van der Waals surface area contributed by atoms with Crippen molar-refractivity contribution in [2.45, 2.75) is 24.9 Å². The van der Waals surface area contributed by atoms with E-state index in [0.717, 1.165) is 41.8 Å². The number of imidazole rings is 1. The largest absolute Gasteiger partial charge is 0.416 e. The van der Waals surface area contributed by atoms with E-state index in [9.17, 15) is 18.0 Å². The van der Waals surface area contributed by atoms with E-state index in [0.29, 0.717) is 13.1 Å². The Balaban J connectivity index is 1.31. The van der Waals surface area contributed by atoms with Crippen LogP contribution in [0.5, 0.6) is 0 Å². The van der Waals surface area contributed by atoms with Gasteiger partial charge in [-0.05, 0) is 43.2 Å². The highest BCUT2D eigenvalue weighted by Gasteiger charge is 2.30. The Morgan fingerprint density at radius 3 is 2.62 bits per heavy atom. The minimum atomic E-state index is -4.40. The third-order valence-electron chi connectivity index (χ3n) is 5.28. The second kappa shape index (κ2) is 7.77. The molecule has 1 aliphatic heterocycles. The van der Waals surface area contributed by atoms with Gasteiger partial charge in [-0.3, -0.25) is 4.79 Å². The number of benzene rings is 2. The van der Waals surface area contributed by atoms with Gasteiger partial charge in [-0.15, -0.1) is 0 Å². The van der Waals surface area contributed by atoms with Gasteiger partial charge in [0.05, 0.1) is 23.1 Å². The van der Waals surface area contributed by atoms with Gasteiger partial charge in [0.25, 0.3) is 0 Å². The van der Waals surface area contributed by atoms with Crippen molar-refractivity contribution in [3.05, 3.63) is 59.9 Å². The number of hydrogen-bond acceptors (Lipinski definition) is 3. The molecule has 2 aromatic carbocycles. The van der Waals surface area contributed by atoms with E-state index in [-0.39, 0.29) is 24.1 Å². The number of para-hydroxylation sites is 2. The Morgan fingerprint density at radius 2 is 1.90 bits per heavy atom. The summed E-state index contributed by atoms with van der Waals surface area (Å²) in [7, 11) is 0. The van der Waals surface area contributed by atoms with Gasteiger partial charge in [-0.2, -0.15) is 13.2 Å². The molecule has 1 saturated heterocycles. The van der Waals surface area contributed by atoms with E-state index in [4.69, 9.17) is 0 Å². The summed E-state index contributed by atoms with van der Waals surface area (Å²) >= 11 is 0. The van der Waals surface area contributed by atoms with E-state index in [2.05, 4.69) is 15.3 Å². The number of aromatic nitrogens is 2. The van der Waals surface area contributed by atoms with E-state index in [1.165, 1.54) is 12.1 Å². The first-order chi connectivity index (χ1) is 13.9. The smallest absolute Gasteiger partial charge is 0.376 e. The monoisotopic (exact) mass is 402 g/mol. The van der Waals surface area contributed by atoms with Crippen molar-refractivity contribution >= 4 is 22.6 Å². The number of aromatic amines is 1. The quantitative estimate of drug-likeness (QED) is 0.680. The second-order valence-electron chi connectivity index (χ2n) is 7.23. The zero-order chi connectivity index (χ0) is 20.4. The number of likely N-dealkylation sites (tertiary alicyclic amines) is 1. The number of nitrogens with zero attached hydrogens (tertiary/aromatic N) is 2. The number of fused-ring (bicyclic) bond motifs is 1. The van der Waals surface area contributed by atoms with Crippen LogP contribution in [0.3, 0.4) is 0 Å². The molecular formula is C21H21F3N4O. The van der Waals surface area contributed by atoms with E-state index in [1.807, 2.05) is 24.3 Å². The molecule has 0 aliphatic carbocycles. The molecule has 5 nitrogen and oxygen atoms in total. The summed E-state index contributed by atoms with van der Waals surface area (Å²) in [6.45, 7) is 1.17. The lowest BCUT2D eigenvalue weighted by atomic mass is 9.96. The maximum atomic E-state index is 12.8. The number of amides is 1. The van der Waals surface area contributed by atoms with Gasteiger partial charge in [0, 0.05) is 24.7 Å². The summed E-state index contributed by atoms with van der Waals surface area (Å²) in [4.78, 5) is 22.2. The van der Waals surface area contributed by atoms with E-state index in [1.54, 1.807) is 4.90 Å². The van der Waals surface area contributed by atoms with Crippen LogP contribution in [-0.4, -0.2) is 40.4 Å². The van der Waals surface area contributed by atoms with Crippen LogP contribution < -0.4 is 5.32 Å². The molecule has 2 heterocycles. The zero-order valence-corrected chi connectivity index (χ0v) is 15.7. The number of rotatable bonds is 4. The van der Waals surface area contributed by atoms with Gasteiger partial charge in [-0.1, -0.05) is 18.2 Å². The van der Waals surface area contributed by atoms with Gasteiger partial charge >= 0.3 is 6.18 Å². The molecule has 3 aromatic rings. The second-order valence-corrected chi connectivity index (χ2v) is 7.23. The fourth-order valence-electron chi connectivity index (χ4n) is 3.66. The lowest BCUT2D eigenvalue weighted by molar-refractivity contribution is -0.137. The van der Waals surface area contributed by atoms with Crippen molar-refractivity contribution in [2.24, 2.45) is 0 Å². The van der Waals surface area contributed by atoms with E-state index >= 15 is 0 Å².